The van der Waals surface area contributed by atoms with E-state index in [1.165, 1.54) is 12.1 Å². The Balaban J connectivity index is 1.35. The predicted molar refractivity (Wildman–Crippen MR) is 128 cm³/mol. The molecule has 2 aromatic heterocycles. The lowest BCUT2D eigenvalue weighted by molar-refractivity contribution is 0.0899. The minimum atomic E-state index is -0.336. The Morgan fingerprint density at radius 1 is 1.18 bits per heavy atom. The molecule has 34 heavy (non-hydrogen) atoms. The van der Waals surface area contributed by atoms with Gasteiger partial charge >= 0.3 is 0 Å². The van der Waals surface area contributed by atoms with Gasteiger partial charge in [-0.1, -0.05) is 13.3 Å². The van der Waals surface area contributed by atoms with Gasteiger partial charge in [0.25, 0.3) is 5.91 Å². The highest BCUT2D eigenvalue weighted by Gasteiger charge is 2.24. The molecule has 1 atom stereocenters. The molecule has 3 heterocycles. The molecule has 180 valence electrons. The fourth-order valence-electron chi connectivity index (χ4n) is 4.02. The number of hydrogen-bond acceptors (Lipinski definition) is 8. The number of nitrogens with zero attached hydrogens (tertiary/aromatic N) is 5. The largest absolute Gasteiger partial charge is 0.431 e. The summed E-state index contributed by atoms with van der Waals surface area (Å²) in [7, 11) is 0. The van der Waals surface area contributed by atoms with Gasteiger partial charge in [0.1, 0.15) is 11.6 Å². The van der Waals surface area contributed by atoms with E-state index in [0.29, 0.717) is 41.9 Å². The van der Waals surface area contributed by atoms with Crippen molar-refractivity contribution in [1.82, 2.24) is 25.2 Å². The number of halogens is 1. The molecule has 1 amide bonds. The second-order valence-corrected chi connectivity index (χ2v) is 8.50. The van der Waals surface area contributed by atoms with E-state index in [9.17, 15) is 9.18 Å². The molecular weight excluding hydrogens is 437 g/mol. The Bertz CT molecular complexity index is 1110. The third kappa shape index (κ3) is 5.69. The molecule has 0 aliphatic carbocycles. The van der Waals surface area contributed by atoms with Crippen LogP contribution in [0.25, 0.3) is 11.5 Å². The van der Waals surface area contributed by atoms with Gasteiger partial charge in [0.2, 0.25) is 17.6 Å². The monoisotopic (exact) mass is 467 g/mol. The Labute approximate surface area is 198 Å². The average molecular weight is 468 g/mol. The molecule has 1 aliphatic rings. The summed E-state index contributed by atoms with van der Waals surface area (Å²) in [5.41, 5.74) is 7.01. The number of amides is 1. The first kappa shape index (κ1) is 23.6. The summed E-state index contributed by atoms with van der Waals surface area (Å²) >= 11 is 0. The van der Waals surface area contributed by atoms with Crippen molar-refractivity contribution in [3.63, 3.8) is 0 Å². The van der Waals surface area contributed by atoms with Gasteiger partial charge < -0.3 is 20.4 Å². The van der Waals surface area contributed by atoms with Crippen molar-refractivity contribution in [3.05, 3.63) is 53.8 Å². The van der Waals surface area contributed by atoms with Crippen molar-refractivity contribution in [2.24, 2.45) is 0 Å². The van der Waals surface area contributed by atoms with Gasteiger partial charge in [0.05, 0.1) is 5.69 Å². The first-order chi connectivity index (χ1) is 16.4. The van der Waals surface area contributed by atoms with E-state index in [1.807, 2.05) is 13.8 Å². The van der Waals surface area contributed by atoms with E-state index >= 15 is 0 Å². The molecule has 3 N–H and O–H groups in total. The highest BCUT2D eigenvalue weighted by molar-refractivity contribution is 5.93. The first-order valence-corrected chi connectivity index (χ1v) is 11.5. The van der Waals surface area contributed by atoms with Gasteiger partial charge in [-0.2, -0.15) is 4.98 Å². The van der Waals surface area contributed by atoms with Crippen LogP contribution in [-0.2, 0) is 6.42 Å². The number of rotatable bonds is 8. The second kappa shape index (κ2) is 10.6. The molecule has 0 saturated carbocycles. The summed E-state index contributed by atoms with van der Waals surface area (Å²) in [6.45, 7) is 7.93. The van der Waals surface area contributed by atoms with Gasteiger partial charge in [-0.3, -0.25) is 9.69 Å². The number of anilines is 2. The average Bonchev–Trinajstić information content (AvgIpc) is 3.24. The summed E-state index contributed by atoms with van der Waals surface area (Å²) in [5, 5.41) is 3.04. The fourth-order valence-corrected chi connectivity index (χ4v) is 4.02. The van der Waals surface area contributed by atoms with Crippen LogP contribution in [-0.4, -0.2) is 64.5 Å². The number of carbonyl (C=O) groups excluding carboxylic acids is 1. The molecule has 3 aromatic rings. The zero-order chi connectivity index (χ0) is 24.1. The van der Waals surface area contributed by atoms with E-state index in [1.54, 1.807) is 24.4 Å². The summed E-state index contributed by atoms with van der Waals surface area (Å²) in [4.78, 5) is 30.5. The minimum absolute atomic E-state index is 0.0866. The molecule has 1 aliphatic heterocycles. The molecule has 9 nitrogen and oxygen atoms in total. The van der Waals surface area contributed by atoms with Crippen LogP contribution in [0.4, 0.5) is 16.2 Å². The van der Waals surface area contributed by atoms with Crippen LogP contribution in [0, 0.1) is 5.82 Å². The lowest BCUT2D eigenvalue weighted by atomic mass is 10.2. The highest BCUT2D eigenvalue weighted by Crippen LogP contribution is 2.23. The normalized spacial score (nSPS) is 15.3. The van der Waals surface area contributed by atoms with Crippen molar-refractivity contribution < 1.29 is 13.6 Å². The van der Waals surface area contributed by atoms with Crippen molar-refractivity contribution in [1.29, 1.82) is 0 Å². The zero-order valence-corrected chi connectivity index (χ0v) is 19.5. The lowest BCUT2D eigenvalue weighted by Crippen LogP contribution is -2.51. The maximum atomic E-state index is 13.3. The number of oxazole rings is 1. The number of nitrogens with two attached hydrogens (primary N) is 1. The summed E-state index contributed by atoms with van der Waals surface area (Å²) in [6, 6.07) is 7.47. The molecule has 1 unspecified atom stereocenters. The number of carbonyl (C=O) groups is 1. The number of aryl methyl sites for hydroxylation is 1. The molecule has 4 rings (SSSR count). The predicted octanol–water partition coefficient (Wildman–Crippen LogP) is 2.75. The summed E-state index contributed by atoms with van der Waals surface area (Å²) in [5.74, 6) is 1.02. The van der Waals surface area contributed by atoms with Crippen LogP contribution in [0.1, 0.15) is 36.5 Å². The molecule has 0 bridgehead atoms. The molecular formula is C24H30FN7O2. The van der Waals surface area contributed by atoms with Crippen LogP contribution in [0.15, 0.2) is 40.9 Å². The molecule has 0 spiro atoms. The third-order valence-electron chi connectivity index (χ3n) is 5.71. The Hall–Kier alpha value is -3.53. The number of hydrogen-bond donors (Lipinski definition) is 2. The van der Waals surface area contributed by atoms with Crippen molar-refractivity contribution in [3.8, 4) is 11.5 Å². The second-order valence-electron chi connectivity index (χ2n) is 8.50. The Kier molecular flexibility index (Phi) is 7.36. The number of nitrogen functional groups attached to an aromatic ring is 1. The van der Waals surface area contributed by atoms with Gasteiger partial charge in [-0.25, -0.2) is 14.4 Å². The van der Waals surface area contributed by atoms with Crippen LogP contribution >= 0.6 is 0 Å². The smallest absolute Gasteiger partial charge is 0.289 e. The van der Waals surface area contributed by atoms with Crippen molar-refractivity contribution in [2.75, 3.05) is 43.4 Å². The van der Waals surface area contributed by atoms with Gasteiger partial charge in [-0.15, -0.1) is 0 Å². The van der Waals surface area contributed by atoms with Crippen molar-refractivity contribution in [2.45, 2.75) is 32.7 Å². The van der Waals surface area contributed by atoms with Crippen LogP contribution in [0.5, 0.6) is 0 Å². The number of nitrogens with one attached hydrogen (secondary N) is 1. The van der Waals surface area contributed by atoms with Crippen LogP contribution < -0.4 is 16.0 Å². The standard InChI is InChI=1S/C24H30FN7O2/c1-3-4-19-21(34-23(29-19)17-5-7-18(25)8-6-17)22(33)28-16(2)15-31-11-13-32(14-12-31)24-27-10-9-20(26)30-24/h5-10,16H,3-4,11-15H2,1-2H3,(H,28,33)(H2,26,27,30). The number of aromatic nitrogens is 3. The SMILES string of the molecule is CCCc1nc(-c2ccc(F)cc2)oc1C(=O)NC(C)CN1CCN(c2nccc(N)n2)CC1. The lowest BCUT2D eigenvalue weighted by Gasteiger charge is -2.35. The molecule has 10 heteroatoms. The quantitative estimate of drug-likeness (QED) is 0.520. The minimum Gasteiger partial charge on any atom is -0.431 e. The number of piperazine rings is 1. The maximum Gasteiger partial charge on any atom is 0.289 e. The van der Waals surface area contributed by atoms with Gasteiger partial charge in [0.15, 0.2) is 0 Å². The van der Waals surface area contributed by atoms with Gasteiger partial charge in [0, 0.05) is 50.5 Å². The summed E-state index contributed by atoms with van der Waals surface area (Å²) in [6.07, 6.45) is 3.11. The zero-order valence-electron chi connectivity index (χ0n) is 19.5. The highest BCUT2D eigenvalue weighted by atomic mass is 19.1. The van der Waals surface area contributed by atoms with Crippen molar-refractivity contribution >= 4 is 17.7 Å². The third-order valence-corrected chi connectivity index (χ3v) is 5.71. The first-order valence-electron chi connectivity index (χ1n) is 11.5. The molecule has 1 saturated heterocycles. The topological polar surface area (TPSA) is 113 Å². The van der Waals surface area contributed by atoms with E-state index in [-0.39, 0.29) is 23.5 Å². The number of benzene rings is 1. The molecule has 1 fully saturated rings. The fraction of sp³-hybridized carbons (Fsp3) is 0.417. The van der Waals surface area contributed by atoms with Crippen LogP contribution in [0.2, 0.25) is 0 Å². The van der Waals surface area contributed by atoms with Crippen LogP contribution in [0.3, 0.4) is 0 Å². The molecule has 0 radical (unpaired) electrons. The van der Waals surface area contributed by atoms with E-state index in [4.69, 9.17) is 10.2 Å². The summed E-state index contributed by atoms with van der Waals surface area (Å²) < 4.78 is 19.1. The Morgan fingerprint density at radius 3 is 2.59 bits per heavy atom. The van der Waals surface area contributed by atoms with E-state index in [2.05, 4.69) is 30.1 Å². The van der Waals surface area contributed by atoms with E-state index < -0.39 is 0 Å². The van der Waals surface area contributed by atoms with Gasteiger partial charge in [-0.05, 0) is 43.7 Å². The maximum absolute atomic E-state index is 13.3. The Morgan fingerprint density at radius 2 is 1.91 bits per heavy atom. The molecule has 1 aromatic carbocycles. The van der Waals surface area contributed by atoms with E-state index in [0.717, 1.165) is 32.6 Å².